The van der Waals surface area contributed by atoms with E-state index in [0.717, 1.165) is 36.5 Å². The minimum absolute atomic E-state index is 0.170. The highest BCUT2D eigenvalue weighted by molar-refractivity contribution is 7.99. The van der Waals surface area contributed by atoms with E-state index in [4.69, 9.17) is 4.74 Å². The molecule has 1 aromatic heterocycles. The molecular formula is C25H30N4O2S. The van der Waals surface area contributed by atoms with Crippen LogP contribution in [-0.2, 0) is 11.4 Å². The molecule has 4 rings (SSSR count). The smallest absolute Gasteiger partial charge is 0.233 e. The lowest BCUT2D eigenvalue weighted by Gasteiger charge is -2.21. The summed E-state index contributed by atoms with van der Waals surface area (Å²) in [4.78, 5) is 14.9. The Morgan fingerprint density at radius 3 is 2.59 bits per heavy atom. The van der Waals surface area contributed by atoms with Gasteiger partial charge < -0.3 is 9.64 Å². The van der Waals surface area contributed by atoms with Crippen molar-refractivity contribution in [1.82, 2.24) is 19.7 Å². The van der Waals surface area contributed by atoms with Gasteiger partial charge in [0.15, 0.2) is 11.0 Å². The Labute approximate surface area is 194 Å². The molecular weight excluding hydrogens is 420 g/mol. The molecule has 1 aliphatic rings. The second-order valence-corrected chi connectivity index (χ2v) is 9.14. The summed E-state index contributed by atoms with van der Waals surface area (Å²) in [6, 6.07) is 17.9. The first kappa shape index (κ1) is 22.4. The minimum Gasteiger partial charge on any atom is -0.485 e. The number of rotatable bonds is 11. The van der Waals surface area contributed by atoms with E-state index in [-0.39, 0.29) is 5.91 Å². The predicted octanol–water partition coefficient (Wildman–Crippen LogP) is 4.90. The Morgan fingerprint density at radius 2 is 1.88 bits per heavy atom. The molecule has 0 atom stereocenters. The van der Waals surface area contributed by atoms with Crippen LogP contribution in [0.25, 0.3) is 5.69 Å². The summed E-state index contributed by atoms with van der Waals surface area (Å²) in [6.07, 6.45) is 3.46. The molecule has 168 valence electrons. The van der Waals surface area contributed by atoms with Crippen LogP contribution in [-0.4, -0.2) is 44.4 Å². The second-order valence-electron chi connectivity index (χ2n) is 8.20. The van der Waals surface area contributed by atoms with Gasteiger partial charge in [0.25, 0.3) is 0 Å². The second kappa shape index (κ2) is 10.7. The van der Waals surface area contributed by atoms with Crippen LogP contribution in [0, 0.1) is 12.8 Å². The Kier molecular flexibility index (Phi) is 7.47. The molecule has 1 amide bonds. The molecule has 0 N–H and O–H groups in total. The number of carbonyl (C=O) groups excluding carboxylic acids is 1. The third kappa shape index (κ3) is 5.71. The third-order valence-electron chi connectivity index (χ3n) is 5.51. The molecule has 0 aliphatic heterocycles. The summed E-state index contributed by atoms with van der Waals surface area (Å²) in [6.45, 7) is 6.14. The van der Waals surface area contributed by atoms with Crippen molar-refractivity contribution in [3.8, 4) is 11.4 Å². The van der Waals surface area contributed by atoms with E-state index >= 15 is 0 Å². The van der Waals surface area contributed by atoms with Crippen molar-refractivity contribution in [2.24, 2.45) is 5.92 Å². The number of para-hydroxylation sites is 2. The number of aryl methyl sites for hydroxylation is 1. The molecule has 0 radical (unpaired) electrons. The maximum atomic E-state index is 12.9. The van der Waals surface area contributed by atoms with Crippen LogP contribution in [0.2, 0.25) is 0 Å². The zero-order chi connectivity index (χ0) is 22.3. The van der Waals surface area contributed by atoms with Crippen molar-refractivity contribution < 1.29 is 9.53 Å². The van der Waals surface area contributed by atoms with Gasteiger partial charge in [-0.05, 0) is 55.9 Å². The number of hydrogen-bond acceptors (Lipinski definition) is 5. The van der Waals surface area contributed by atoms with Gasteiger partial charge in [-0.3, -0.25) is 9.36 Å². The molecule has 0 spiro atoms. The SMILES string of the molecule is CCCN(CC1CC1)C(=O)CSc1nnc(COc2ccccc2C)n1-c1ccccc1. The molecule has 7 heteroatoms. The molecule has 1 saturated carbocycles. The molecule has 1 aliphatic carbocycles. The first-order valence-corrected chi connectivity index (χ1v) is 12.2. The van der Waals surface area contributed by atoms with Crippen molar-refractivity contribution in [3.05, 3.63) is 66.0 Å². The zero-order valence-electron chi connectivity index (χ0n) is 18.7. The fourth-order valence-electron chi connectivity index (χ4n) is 3.60. The Balaban J connectivity index is 1.50. The average molecular weight is 451 g/mol. The van der Waals surface area contributed by atoms with Gasteiger partial charge in [0.1, 0.15) is 12.4 Å². The van der Waals surface area contributed by atoms with Crippen LogP contribution in [0.5, 0.6) is 5.75 Å². The standard InChI is InChI=1S/C25H30N4O2S/c1-3-15-28(16-20-13-14-20)24(30)18-32-25-27-26-23(29(25)21-10-5-4-6-11-21)17-31-22-12-8-7-9-19(22)2/h4-12,20H,3,13-18H2,1-2H3. The third-order valence-corrected chi connectivity index (χ3v) is 6.43. The number of hydrogen-bond donors (Lipinski definition) is 0. The van der Waals surface area contributed by atoms with Crippen LogP contribution in [0.1, 0.15) is 37.6 Å². The van der Waals surface area contributed by atoms with Gasteiger partial charge in [0.05, 0.1) is 5.75 Å². The summed E-state index contributed by atoms with van der Waals surface area (Å²) in [5.74, 6) is 2.75. The van der Waals surface area contributed by atoms with Gasteiger partial charge >= 0.3 is 0 Å². The van der Waals surface area contributed by atoms with Gasteiger partial charge in [-0.25, -0.2) is 0 Å². The summed E-state index contributed by atoms with van der Waals surface area (Å²) in [7, 11) is 0. The number of ether oxygens (including phenoxy) is 1. The highest BCUT2D eigenvalue weighted by Crippen LogP contribution is 2.30. The quantitative estimate of drug-likeness (QED) is 0.389. The lowest BCUT2D eigenvalue weighted by molar-refractivity contribution is -0.128. The number of nitrogens with zero attached hydrogens (tertiary/aromatic N) is 4. The molecule has 2 aromatic carbocycles. The molecule has 32 heavy (non-hydrogen) atoms. The maximum absolute atomic E-state index is 12.9. The van der Waals surface area contributed by atoms with E-state index in [0.29, 0.717) is 29.3 Å². The van der Waals surface area contributed by atoms with E-state index in [1.165, 1.54) is 24.6 Å². The van der Waals surface area contributed by atoms with Gasteiger partial charge in [-0.2, -0.15) is 0 Å². The summed E-state index contributed by atoms with van der Waals surface area (Å²) >= 11 is 1.44. The maximum Gasteiger partial charge on any atom is 0.233 e. The first-order chi connectivity index (χ1) is 15.7. The van der Waals surface area contributed by atoms with Crippen LogP contribution < -0.4 is 4.74 Å². The van der Waals surface area contributed by atoms with Gasteiger partial charge in [0, 0.05) is 18.8 Å². The monoisotopic (exact) mass is 450 g/mol. The van der Waals surface area contributed by atoms with E-state index in [9.17, 15) is 4.79 Å². The molecule has 0 bridgehead atoms. The first-order valence-electron chi connectivity index (χ1n) is 11.2. The molecule has 1 fully saturated rings. The highest BCUT2D eigenvalue weighted by Gasteiger charge is 2.27. The van der Waals surface area contributed by atoms with Crippen LogP contribution >= 0.6 is 11.8 Å². The average Bonchev–Trinajstić information content (AvgIpc) is 3.54. The molecule has 0 unspecified atom stereocenters. The molecule has 3 aromatic rings. The number of carbonyl (C=O) groups is 1. The number of thioether (sulfide) groups is 1. The lowest BCUT2D eigenvalue weighted by Crippen LogP contribution is -2.35. The van der Waals surface area contributed by atoms with Crippen molar-refractivity contribution in [2.45, 2.75) is 44.9 Å². The zero-order valence-corrected chi connectivity index (χ0v) is 19.6. The van der Waals surface area contributed by atoms with Crippen LogP contribution in [0.3, 0.4) is 0 Å². The fourth-order valence-corrected chi connectivity index (χ4v) is 4.48. The van der Waals surface area contributed by atoms with Crippen LogP contribution in [0.15, 0.2) is 59.8 Å². The van der Waals surface area contributed by atoms with Crippen molar-refractivity contribution in [3.63, 3.8) is 0 Å². The van der Waals surface area contributed by atoms with Gasteiger partial charge in [0.2, 0.25) is 5.91 Å². The normalized spacial score (nSPS) is 13.2. The number of amides is 1. The predicted molar refractivity (Wildman–Crippen MR) is 127 cm³/mol. The van der Waals surface area contributed by atoms with Crippen molar-refractivity contribution >= 4 is 17.7 Å². The number of benzene rings is 2. The Bertz CT molecular complexity index is 1030. The van der Waals surface area contributed by atoms with E-state index in [2.05, 4.69) is 17.1 Å². The largest absolute Gasteiger partial charge is 0.485 e. The summed E-state index contributed by atoms with van der Waals surface area (Å²) in [5, 5.41) is 9.50. The van der Waals surface area contributed by atoms with Crippen molar-refractivity contribution in [2.75, 3.05) is 18.8 Å². The summed E-state index contributed by atoms with van der Waals surface area (Å²) < 4.78 is 8.02. The molecule has 6 nitrogen and oxygen atoms in total. The number of aromatic nitrogens is 3. The molecule has 0 saturated heterocycles. The van der Waals surface area contributed by atoms with Crippen molar-refractivity contribution in [1.29, 1.82) is 0 Å². The Morgan fingerprint density at radius 1 is 1.12 bits per heavy atom. The van der Waals surface area contributed by atoms with Crippen LogP contribution in [0.4, 0.5) is 0 Å². The topological polar surface area (TPSA) is 60.3 Å². The minimum atomic E-state index is 0.170. The lowest BCUT2D eigenvalue weighted by atomic mass is 10.2. The molecule has 1 heterocycles. The van der Waals surface area contributed by atoms with E-state index in [1.54, 1.807) is 0 Å². The van der Waals surface area contributed by atoms with E-state index < -0.39 is 0 Å². The van der Waals surface area contributed by atoms with E-state index in [1.807, 2.05) is 71.0 Å². The summed E-state index contributed by atoms with van der Waals surface area (Å²) in [5.41, 5.74) is 2.03. The fraction of sp³-hybridized carbons (Fsp3) is 0.400. The van der Waals surface area contributed by atoms with Gasteiger partial charge in [-0.1, -0.05) is 55.1 Å². The highest BCUT2D eigenvalue weighted by atomic mass is 32.2. The van der Waals surface area contributed by atoms with Gasteiger partial charge in [-0.15, -0.1) is 10.2 Å². The Hall–Kier alpha value is -2.80.